The molecule has 0 bridgehead atoms. The molecule has 0 aliphatic rings. The van der Waals surface area contributed by atoms with Gasteiger partial charge >= 0.3 is 0 Å². The van der Waals surface area contributed by atoms with Gasteiger partial charge < -0.3 is 9.84 Å². The van der Waals surface area contributed by atoms with Crippen LogP contribution in [0.15, 0.2) is 84.9 Å². The van der Waals surface area contributed by atoms with Crippen LogP contribution in [0.4, 0.5) is 4.39 Å². The number of aldehydes is 1. The second-order valence-corrected chi connectivity index (χ2v) is 6.76. The minimum absolute atomic E-state index is 0.345. The van der Waals surface area contributed by atoms with Gasteiger partial charge in [0.05, 0.1) is 6.61 Å². The highest BCUT2D eigenvalue weighted by Crippen LogP contribution is 2.22. The maximum Gasteiger partial charge on any atom is 0.214 e. The minimum Gasteiger partial charge on any atom is -0.494 e. The fraction of sp³-hybridized carbons (Fsp3) is 0.107. The molecule has 158 valence electrons. The first-order chi connectivity index (χ1) is 15.5. The zero-order chi connectivity index (χ0) is 22.8. The van der Waals surface area contributed by atoms with E-state index in [2.05, 4.69) is 23.7 Å². The van der Waals surface area contributed by atoms with Gasteiger partial charge in [0.2, 0.25) is 5.60 Å². The van der Waals surface area contributed by atoms with Crippen molar-refractivity contribution in [2.45, 2.75) is 12.5 Å². The van der Waals surface area contributed by atoms with Crippen molar-refractivity contribution >= 4 is 11.9 Å². The first kappa shape index (κ1) is 22.6. The predicted molar refractivity (Wildman–Crippen MR) is 123 cm³/mol. The average molecular weight is 424 g/mol. The molecule has 4 heteroatoms. The van der Waals surface area contributed by atoms with E-state index in [4.69, 9.17) is 4.74 Å². The summed E-state index contributed by atoms with van der Waals surface area (Å²) in [5.74, 6) is 11.8. The molecule has 32 heavy (non-hydrogen) atoms. The molecular formula is C28H21FO3. The van der Waals surface area contributed by atoms with Crippen LogP contribution in [-0.2, 0) is 10.4 Å². The molecule has 3 rings (SSSR count). The number of aliphatic hydroxyl groups is 1. The molecule has 0 spiro atoms. The molecule has 0 saturated heterocycles. The summed E-state index contributed by atoms with van der Waals surface area (Å²) in [5.41, 5.74) is 0.294. The van der Waals surface area contributed by atoms with Crippen molar-refractivity contribution in [2.75, 3.05) is 6.61 Å². The highest BCUT2D eigenvalue weighted by Gasteiger charge is 2.24. The Bertz CT molecular complexity index is 1210. The van der Waals surface area contributed by atoms with Crippen molar-refractivity contribution in [1.29, 1.82) is 0 Å². The highest BCUT2D eigenvalue weighted by molar-refractivity contribution is 5.89. The Morgan fingerprint density at radius 1 is 1.00 bits per heavy atom. The molecule has 3 nitrogen and oxygen atoms in total. The smallest absolute Gasteiger partial charge is 0.214 e. The van der Waals surface area contributed by atoms with E-state index in [-0.39, 0.29) is 0 Å². The second kappa shape index (κ2) is 10.8. The number of hydrogen-bond donors (Lipinski definition) is 1. The number of carbonyl (C=O) groups is 1. The standard InChI is InChI=1S/C28H21FO3/c1-2-32-27-14-8-22(9-15-27)16-19-28(31,25-6-4-3-5-7-25)20-17-24(18-21-30)23-10-12-26(29)13-11-23/h3-15,18,21,31H,2H2,1H3/b24-18+. The average Bonchev–Trinajstić information content (AvgIpc) is 2.83. The van der Waals surface area contributed by atoms with E-state index in [1.54, 1.807) is 48.5 Å². The third-order valence-corrected chi connectivity index (χ3v) is 4.51. The maximum atomic E-state index is 13.3. The Balaban J connectivity index is 2.01. The van der Waals surface area contributed by atoms with Gasteiger partial charge in [0.1, 0.15) is 17.9 Å². The Kier molecular flexibility index (Phi) is 7.60. The molecule has 1 unspecified atom stereocenters. The van der Waals surface area contributed by atoms with Gasteiger partial charge in [-0.3, -0.25) is 4.79 Å². The van der Waals surface area contributed by atoms with Crippen LogP contribution < -0.4 is 4.74 Å². The Labute approximate surface area is 187 Å². The van der Waals surface area contributed by atoms with Gasteiger partial charge in [-0.1, -0.05) is 54.3 Å². The zero-order valence-corrected chi connectivity index (χ0v) is 17.5. The number of carbonyl (C=O) groups excluding carboxylic acids is 1. The van der Waals surface area contributed by atoms with Crippen LogP contribution >= 0.6 is 0 Å². The lowest BCUT2D eigenvalue weighted by molar-refractivity contribution is -0.104. The van der Waals surface area contributed by atoms with E-state index < -0.39 is 11.4 Å². The van der Waals surface area contributed by atoms with E-state index in [1.807, 2.05) is 13.0 Å². The molecule has 0 heterocycles. The Morgan fingerprint density at radius 2 is 1.69 bits per heavy atom. The summed E-state index contributed by atoms with van der Waals surface area (Å²) < 4.78 is 18.7. The summed E-state index contributed by atoms with van der Waals surface area (Å²) in [6.45, 7) is 2.48. The Hall–Kier alpha value is -4.12. The summed E-state index contributed by atoms with van der Waals surface area (Å²) >= 11 is 0. The summed E-state index contributed by atoms with van der Waals surface area (Å²) in [6, 6.07) is 21.7. The number of benzene rings is 3. The van der Waals surface area contributed by atoms with Gasteiger partial charge in [-0.25, -0.2) is 4.39 Å². The SMILES string of the molecule is CCOc1ccc(C#CC(O)(C#C/C(=C\C=O)c2ccc(F)cc2)c2ccccc2)cc1. The summed E-state index contributed by atoms with van der Waals surface area (Å²) in [4.78, 5) is 11.1. The molecule has 3 aromatic carbocycles. The van der Waals surface area contributed by atoms with Crippen LogP contribution in [0.2, 0.25) is 0 Å². The molecule has 0 aromatic heterocycles. The zero-order valence-electron chi connectivity index (χ0n) is 17.5. The van der Waals surface area contributed by atoms with E-state index in [9.17, 15) is 14.3 Å². The van der Waals surface area contributed by atoms with E-state index in [0.29, 0.717) is 35.2 Å². The molecule has 0 saturated carbocycles. The van der Waals surface area contributed by atoms with Crippen LogP contribution in [0.25, 0.3) is 5.57 Å². The third kappa shape index (κ3) is 5.95. The van der Waals surface area contributed by atoms with Crippen molar-refractivity contribution in [1.82, 2.24) is 0 Å². The molecule has 1 atom stereocenters. The normalized spacial score (nSPS) is 12.4. The van der Waals surface area contributed by atoms with Crippen LogP contribution in [0.3, 0.4) is 0 Å². The first-order valence-electron chi connectivity index (χ1n) is 10.0. The van der Waals surface area contributed by atoms with Crippen molar-refractivity contribution in [2.24, 2.45) is 0 Å². The van der Waals surface area contributed by atoms with Crippen LogP contribution in [0.5, 0.6) is 5.75 Å². The topological polar surface area (TPSA) is 46.5 Å². The molecule has 0 radical (unpaired) electrons. The molecule has 0 aliphatic heterocycles. The van der Waals surface area contributed by atoms with E-state index in [0.717, 1.165) is 5.75 Å². The van der Waals surface area contributed by atoms with Gasteiger partial charge in [-0.15, -0.1) is 0 Å². The van der Waals surface area contributed by atoms with Crippen LogP contribution in [-0.4, -0.2) is 18.0 Å². The monoisotopic (exact) mass is 424 g/mol. The number of allylic oxidation sites excluding steroid dienone is 2. The molecule has 3 aromatic rings. The fourth-order valence-corrected chi connectivity index (χ4v) is 2.88. The van der Waals surface area contributed by atoms with Crippen LogP contribution in [0, 0.1) is 29.5 Å². The summed E-state index contributed by atoms with van der Waals surface area (Å²) in [5, 5.41) is 11.3. The van der Waals surface area contributed by atoms with E-state index >= 15 is 0 Å². The largest absolute Gasteiger partial charge is 0.494 e. The summed E-state index contributed by atoms with van der Waals surface area (Å²) in [7, 11) is 0. The van der Waals surface area contributed by atoms with Crippen molar-refractivity contribution in [3.63, 3.8) is 0 Å². The lowest BCUT2D eigenvalue weighted by Crippen LogP contribution is -2.21. The van der Waals surface area contributed by atoms with Crippen molar-refractivity contribution < 1.29 is 19.0 Å². The minimum atomic E-state index is -1.79. The van der Waals surface area contributed by atoms with Gasteiger partial charge in [-0.05, 0) is 66.8 Å². The Morgan fingerprint density at radius 3 is 2.31 bits per heavy atom. The maximum absolute atomic E-state index is 13.3. The number of halogens is 1. The second-order valence-electron chi connectivity index (χ2n) is 6.76. The van der Waals surface area contributed by atoms with E-state index in [1.165, 1.54) is 30.3 Å². The number of ether oxygens (including phenoxy) is 1. The quantitative estimate of drug-likeness (QED) is 0.365. The predicted octanol–water partition coefficient (Wildman–Crippen LogP) is 4.75. The van der Waals surface area contributed by atoms with Gasteiger partial charge in [0, 0.05) is 16.7 Å². The number of rotatable bonds is 5. The molecule has 0 fully saturated rings. The lowest BCUT2D eigenvalue weighted by atomic mass is 9.93. The molecule has 1 N–H and O–H groups in total. The fourth-order valence-electron chi connectivity index (χ4n) is 2.88. The highest BCUT2D eigenvalue weighted by atomic mass is 19.1. The van der Waals surface area contributed by atoms with Crippen LogP contribution in [0.1, 0.15) is 23.6 Å². The van der Waals surface area contributed by atoms with Gasteiger partial charge in [-0.2, -0.15) is 0 Å². The third-order valence-electron chi connectivity index (χ3n) is 4.51. The molecule has 0 aliphatic carbocycles. The van der Waals surface area contributed by atoms with Crippen molar-refractivity contribution in [3.8, 4) is 29.4 Å². The van der Waals surface area contributed by atoms with Gasteiger partial charge in [0.25, 0.3) is 0 Å². The number of hydrogen-bond acceptors (Lipinski definition) is 3. The van der Waals surface area contributed by atoms with Crippen molar-refractivity contribution in [3.05, 3.63) is 107 Å². The summed E-state index contributed by atoms with van der Waals surface area (Å²) in [6.07, 6.45) is 1.87. The van der Waals surface area contributed by atoms with Gasteiger partial charge in [0.15, 0.2) is 0 Å². The first-order valence-corrected chi connectivity index (χ1v) is 10.0. The lowest BCUT2D eigenvalue weighted by Gasteiger charge is -2.16. The molecular weight excluding hydrogens is 403 g/mol. The molecule has 0 amide bonds.